The second-order valence-corrected chi connectivity index (χ2v) is 7.08. The van der Waals surface area contributed by atoms with E-state index in [9.17, 15) is 9.59 Å². The first-order valence-corrected chi connectivity index (χ1v) is 9.10. The van der Waals surface area contributed by atoms with E-state index in [1.165, 1.54) is 6.92 Å². The number of carbonyl (C=O) groups is 2. The smallest absolute Gasteiger partial charge is 0.226 e. The normalized spacial score (nSPS) is 10.7. The molecule has 2 aromatic carbocycles. The molecule has 138 valence electrons. The number of rotatable bonds is 6. The molecular weight excluding hydrogens is 348 g/mol. The van der Waals surface area contributed by atoms with Crippen molar-refractivity contribution in [1.82, 2.24) is 0 Å². The first kappa shape index (κ1) is 20.0. The molecule has 0 heterocycles. The summed E-state index contributed by atoms with van der Waals surface area (Å²) in [6, 6.07) is 13.0. The summed E-state index contributed by atoms with van der Waals surface area (Å²) in [4.78, 5) is 26.3. The number of aryl methyl sites for hydroxylation is 1. The fraction of sp³-hybridized carbons (Fsp3) is 0.333. The van der Waals surface area contributed by atoms with E-state index in [-0.39, 0.29) is 24.2 Å². The summed E-state index contributed by atoms with van der Waals surface area (Å²) in [5.74, 6) is 0.0574. The Kier molecular flexibility index (Phi) is 6.81. The van der Waals surface area contributed by atoms with Crippen LogP contribution in [0, 0.1) is 6.92 Å². The van der Waals surface area contributed by atoms with E-state index >= 15 is 0 Å². The maximum atomic E-state index is 12.3. The minimum absolute atomic E-state index is 0.0724. The van der Waals surface area contributed by atoms with Crippen molar-refractivity contribution in [3.63, 3.8) is 0 Å². The number of amides is 2. The molecule has 0 radical (unpaired) electrons. The molecule has 0 aliphatic rings. The number of anilines is 2. The Morgan fingerprint density at radius 2 is 1.85 bits per heavy atom. The van der Waals surface area contributed by atoms with Crippen molar-refractivity contribution in [1.29, 1.82) is 0 Å². The fourth-order valence-electron chi connectivity index (χ4n) is 2.95. The lowest BCUT2D eigenvalue weighted by atomic mass is 9.97. The van der Waals surface area contributed by atoms with Crippen LogP contribution < -0.4 is 10.2 Å². The van der Waals surface area contributed by atoms with Gasteiger partial charge in [0, 0.05) is 36.3 Å². The maximum Gasteiger partial charge on any atom is 0.226 e. The molecule has 26 heavy (non-hydrogen) atoms. The Balaban J connectivity index is 2.15. The minimum atomic E-state index is -0.154. The van der Waals surface area contributed by atoms with Crippen molar-refractivity contribution in [2.75, 3.05) is 16.8 Å². The van der Waals surface area contributed by atoms with Crippen LogP contribution in [0.4, 0.5) is 11.4 Å². The average Bonchev–Trinajstić information content (AvgIpc) is 2.55. The monoisotopic (exact) mass is 372 g/mol. The van der Waals surface area contributed by atoms with E-state index in [4.69, 9.17) is 11.6 Å². The Bertz CT molecular complexity index is 802. The molecule has 0 aromatic heterocycles. The van der Waals surface area contributed by atoms with Crippen LogP contribution in [-0.4, -0.2) is 18.4 Å². The summed E-state index contributed by atoms with van der Waals surface area (Å²) in [5.41, 5.74) is 3.69. The zero-order chi connectivity index (χ0) is 19.3. The highest BCUT2D eigenvalue weighted by atomic mass is 35.5. The number of hydrogen-bond donors (Lipinski definition) is 1. The van der Waals surface area contributed by atoms with Crippen LogP contribution in [0.3, 0.4) is 0 Å². The Labute approximate surface area is 160 Å². The van der Waals surface area contributed by atoms with Gasteiger partial charge in [0.2, 0.25) is 11.8 Å². The van der Waals surface area contributed by atoms with Crippen LogP contribution >= 0.6 is 11.6 Å². The van der Waals surface area contributed by atoms with Gasteiger partial charge in [-0.15, -0.1) is 0 Å². The van der Waals surface area contributed by atoms with Crippen molar-refractivity contribution >= 4 is 34.8 Å². The van der Waals surface area contributed by atoms with E-state index < -0.39 is 0 Å². The van der Waals surface area contributed by atoms with Gasteiger partial charge in [-0.2, -0.15) is 0 Å². The first-order valence-electron chi connectivity index (χ1n) is 8.72. The molecule has 2 amide bonds. The molecular formula is C21H25ClN2O2. The van der Waals surface area contributed by atoms with Gasteiger partial charge in [-0.25, -0.2) is 0 Å². The molecule has 2 rings (SSSR count). The molecule has 0 saturated carbocycles. The zero-order valence-corrected chi connectivity index (χ0v) is 16.4. The largest absolute Gasteiger partial charge is 0.326 e. The predicted molar refractivity (Wildman–Crippen MR) is 108 cm³/mol. The van der Waals surface area contributed by atoms with Crippen molar-refractivity contribution < 1.29 is 9.59 Å². The summed E-state index contributed by atoms with van der Waals surface area (Å²) in [6.07, 6.45) is 0.206. The van der Waals surface area contributed by atoms with Gasteiger partial charge in [-0.05, 0) is 42.2 Å². The van der Waals surface area contributed by atoms with E-state index in [2.05, 4.69) is 19.2 Å². The number of nitrogens with one attached hydrogen (secondary N) is 1. The number of nitrogens with zero attached hydrogens (tertiary/aromatic N) is 1. The highest BCUT2D eigenvalue weighted by Crippen LogP contribution is 2.31. The van der Waals surface area contributed by atoms with Crippen molar-refractivity contribution in [2.45, 2.75) is 40.0 Å². The van der Waals surface area contributed by atoms with E-state index in [0.717, 1.165) is 16.8 Å². The van der Waals surface area contributed by atoms with E-state index in [1.807, 2.05) is 25.1 Å². The van der Waals surface area contributed by atoms with Crippen molar-refractivity contribution in [3.8, 4) is 0 Å². The highest BCUT2D eigenvalue weighted by Gasteiger charge is 2.20. The summed E-state index contributed by atoms with van der Waals surface area (Å²) < 4.78 is 0. The standard InChI is InChI=1S/C21H25ClN2O2/c1-14(2)19-10-5-7-15(3)21(19)24(16(4)25)12-11-20(26)23-18-9-6-8-17(22)13-18/h5-10,13-14H,11-12H2,1-4H3,(H,23,26). The third-order valence-corrected chi connectivity index (χ3v) is 4.45. The highest BCUT2D eigenvalue weighted by molar-refractivity contribution is 6.30. The Morgan fingerprint density at radius 1 is 1.15 bits per heavy atom. The molecule has 0 bridgehead atoms. The first-order chi connectivity index (χ1) is 12.3. The number of para-hydroxylation sites is 1. The molecule has 0 aliphatic carbocycles. The lowest BCUT2D eigenvalue weighted by Crippen LogP contribution is -2.33. The zero-order valence-electron chi connectivity index (χ0n) is 15.7. The molecule has 0 unspecified atom stereocenters. The maximum absolute atomic E-state index is 12.3. The number of carbonyl (C=O) groups excluding carboxylic acids is 2. The second-order valence-electron chi connectivity index (χ2n) is 6.65. The third kappa shape index (κ3) is 5.09. The molecule has 1 N–H and O–H groups in total. The summed E-state index contributed by atoms with van der Waals surface area (Å²) >= 11 is 5.94. The Morgan fingerprint density at radius 3 is 2.46 bits per heavy atom. The molecule has 4 nitrogen and oxygen atoms in total. The van der Waals surface area contributed by atoms with Crippen molar-refractivity contribution in [3.05, 3.63) is 58.6 Å². The van der Waals surface area contributed by atoms with Gasteiger partial charge in [-0.3, -0.25) is 9.59 Å². The minimum Gasteiger partial charge on any atom is -0.326 e. The second kappa shape index (κ2) is 8.86. The van der Waals surface area contributed by atoms with Crippen LogP contribution in [0.5, 0.6) is 0 Å². The van der Waals surface area contributed by atoms with Crippen molar-refractivity contribution in [2.24, 2.45) is 0 Å². The predicted octanol–water partition coefficient (Wildman–Crippen LogP) is 5.15. The number of benzene rings is 2. The average molecular weight is 373 g/mol. The SMILES string of the molecule is CC(=O)N(CCC(=O)Nc1cccc(Cl)c1)c1c(C)cccc1C(C)C. The molecule has 2 aromatic rings. The van der Waals surface area contributed by atoms with E-state index in [1.54, 1.807) is 29.2 Å². The lowest BCUT2D eigenvalue weighted by Gasteiger charge is -2.27. The molecule has 0 aliphatic heterocycles. The fourth-order valence-corrected chi connectivity index (χ4v) is 3.14. The van der Waals surface area contributed by atoms with Gasteiger partial charge in [0.15, 0.2) is 0 Å². The van der Waals surface area contributed by atoms with Gasteiger partial charge < -0.3 is 10.2 Å². The topological polar surface area (TPSA) is 49.4 Å². The van der Waals surface area contributed by atoms with Gasteiger partial charge in [0.25, 0.3) is 0 Å². The van der Waals surface area contributed by atoms with Crippen LogP contribution in [-0.2, 0) is 9.59 Å². The van der Waals surface area contributed by atoms with Gasteiger partial charge in [0.1, 0.15) is 0 Å². The summed E-state index contributed by atoms with van der Waals surface area (Å²) in [6.45, 7) is 8.05. The summed E-state index contributed by atoms with van der Waals surface area (Å²) in [7, 11) is 0. The molecule has 0 atom stereocenters. The van der Waals surface area contributed by atoms with Gasteiger partial charge in [-0.1, -0.05) is 49.7 Å². The molecule has 0 fully saturated rings. The number of halogens is 1. The van der Waals surface area contributed by atoms with Crippen LogP contribution in [0.15, 0.2) is 42.5 Å². The van der Waals surface area contributed by atoms with E-state index in [0.29, 0.717) is 17.3 Å². The van der Waals surface area contributed by atoms with Crippen LogP contribution in [0.1, 0.15) is 44.2 Å². The number of hydrogen-bond acceptors (Lipinski definition) is 2. The molecule has 0 saturated heterocycles. The Hall–Kier alpha value is -2.33. The van der Waals surface area contributed by atoms with Gasteiger partial charge >= 0.3 is 0 Å². The molecule has 0 spiro atoms. The lowest BCUT2D eigenvalue weighted by molar-refractivity contribution is -0.117. The van der Waals surface area contributed by atoms with Crippen LogP contribution in [0.25, 0.3) is 0 Å². The summed E-state index contributed by atoms with van der Waals surface area (Å²) in [5, 5.41) is 3.38. The molecule has 5 heteroatoms. The quantitative estimate of drug-likeness (QED) is 0.761. The van der Waals surface area contributed by atoms with Crippen LogP contribution in [0.2, 0.25) is 5.02 Å². The van der Waals surface area contributed by atoms with Gasteiger partial charge in [0.05, 0.1) is 0 Å². The third-order valence-electron chi connectivity index (χ3n) is 4.21.